The SMILES string of the molecule is CSc1ccc(N(c2ccc(SC)cc2)c2ccc(C(=Cc3ccc(C=C(c4ccc(N(c5ccc(SC)cc5)c5ccc(SC)cc5)cc4)c4ccc(N(c5ccc(SC)cc5)c5ccc(SC)cc5)cc4)cc3)c3ccc(N(c4ccc(SC)cc4)c4ccc(SC)cc4)cc3)cc2)cc1. The Bertz CT molecular complexity index is 4120. The van der Waals surface area contributed by atoms with Gasteiger partial charge in [0.25, 0.3) is 0 Å². The first-order valence-electron chi connectivity index (χ1n) is 33.4. The van der Waals surface area contributed by atoms with Crippen LogP contribution in [-0.4, -0.2) is 50.0 Å². The molecule has 0 fully saturated rings. The maximum Gasteiger partial charge on any atom is 0.0462 e. The molecule has 0 bridgehead atoms. The molecule has 506 valence electrons. The summed E-state index contributed by atoms with van der Waals surface area (Å²) in [6.45, 7) is 0. The van der Waals surface area contributed by atoms with Gasteiger partial charge in [0.1, 0.15) is 0 Å². The van der Waals surface area contributed by atoms with Crippen LogP contribution in [0.2, 0.25) is 0 Å². The number of thioether (sulfide) groups is 8. The Morgan fingerprint density at radius 3 is 0.402 bits per heavy atom. The van der Waals surface area contributed by atoms with E-state index in [1.807, 2.05) is 0 Å². The molecular weight excluding hydrogens is 1390 g/mol. The van der Waals surface area contributed by atoms with Crippen LogP contribution in [0.1, 0.15) is 33.4 Å². The Balaban J connectivity index is 0.909. The monoisotopic (exact) mass is 1470 g/mol. The molecule has 0 unspecified atom stereocenters. The van der Waals surface area contributed by atoms with Crippen LogP contribution < -0.4 is 19.6 Å². The van der Waals surface area contributed by atoms with Crippen LogP contribution in [0.3, 0.4) is 0 Å². The lowest BCUT2D eigenvalue weighted by Crippen LogP contribution is -2.10. The van der Waals surface area contributed by atoms with Crippen molar-refractivity contribution in [3.05, 3.63) is 349 Å². The van der Waals surface area contributed by atoms with Crippen molar-refractivity contribution in [1.29, 1.82) is 0 Å². The lowest BCUT2D eigenvalue weighted by molar-refractivity contribution is 1.25. The van der Waals surface area contributed by atoms with E-state index in [1.54, 1.807) is 94.1 Å². The van der Waals surface area contributed by atoms with E-state index in [0.29, 0.717) is 0 Å². The molecule has 0 aliphatic carbocycles. The maximum absolute atomic E-state index is 2.35. The Morgan fingerprint density at radius 2 is 0.284 bits per heavy atom. The van der Waals surface area contributed by atoms with Crippen LogP contribution in [0.4, 0.5) is 68.2 Å². The maximum atomic E-state index is 2.35. The molecule has 13 aromatic carbocycles. The van der Waals surface area contributed by atoms with Crippen LogP contribution >= 0.6 is 94.1 Å². The summed E-state index contributed by atoms with van der Waals surface area (Å²) in [5.74, 6) is 0. The number of hydrogen-bond acceptors (Lipinski definition) is 12. The van der Waals surface area contributed by atoms with E-state index in [1.165, 1.54) is 39.2 Å². The van der Waals surface area contributed by atoms with Crippen LogP contribution in [-0.2, 0) is 0 Å². The Labute approximate surface area is 637 Å². The summed E-state index contributed by atoms with van der Waals surface area (Å²) in [7, 11) is 0. The largest absolute Gasteiger partial charge is 0.311 e. The molecule has 0 amide bonds. The number of rotatable bonds is 26. The summed E-state index contributed by atoms with van der Waals surface area (Å²) >= 11 is 14.1. The van der Waals surface area contributed by atoms with Crippen molar-refractivity contribution in [2.75, 3.05) is 69.6 Å². The third-order valence-electron chi connectivity index (χ3n) is 17.9. The third kappa shape index (κ3) is 17.0. The predicted molar refractivity (Wildman–Crippen MR) is 459 cm³/mol. The Morgan fingerprint density at radius 1 is 0.167 bits per heavy atom. The third-order valence-corrected chi connectivity index (χ3v) is 23.9. The van der Waals surface area contributed by atoms with Crippen molar-refractivity contribution in [3.8, 4) is 0 Å². The van der Waals surface area contributed by atoms with Gasteiger partial charge in [0.2, 0.25) is 0 Å². The standard InChI is InChI=1S/C90H78N4S8/c1-95-81-45-29-73(30-46-81)91(74-31-47-82(96-2)48-32-74)69-21-13-65(14-22-69)89(66-15-23-70(24-16-66)92(75-33-49-83(97-3)50-34-75)76-35-51-84(98-4)52-36-76)61-63-9-11-64(12-10-63)62-90(67-17-25-71(26-18-67)93(77-37-53-85(99-5)54-38-77)78-39-55-86(100-6)56-40-78)68-19-27-72(28-20-68)94(79-41-57-87(101-7)58-42-79)80-43-59-88(102-8)60-44-80/h9-62H,1-8H3. The molecule has 12 heteroatoms. The summed E-state index contributed by atoms with van der Waals surface area (Å²) in [6, 6.07) is 116. The summed E-state index contributed by atoms with van der Waals surface area (Å²) in [6.07, 6.45) is 21.7. The highest BCUT2D eigenvalue weighted by molar-refractivity contribution is 8.00. The predicted octanol–water partition coefficient (Wildman–Crippen LogP) is 28.5. The van der Waals surface area contributed by atoms with Gasteiger partial charge in [-0.1, -0.05) is 72.8 Å². The average Bonchev–Trinajstić information content (AvgIpc) is 0.803. The number of anilines is 12. The highest BCUT2D eigenvalue weighted by Gasteiger charge is 2.20. The number of nitrogens with zero attached hydrogens (tertiary/aromatic N) is 4. The first-order valence-corrected chi connectivity index (χ1v) is 43.2. The first-order chi connectivity index (χ1) is 50.1. The zero-order valence-electron chi connectivity index (χ0n) is 58.2. The zero-order chi connectivity index (χ0) is 70.3. The van der Waals surface area contributed by atoms with E-state index in [2.05, 4.69) is 397 Å². The Kier molecular flexibility index (Phi) is 24.3. The van der Waals surface area contributed by atoms with Gasteiger partial charge in [-0.25, -0.2) is 0 Å². The summed E-state index contributed by atoms with van der Waals surface area (Å²) in [5, 5.41) is 0. The molecule has 0 saturated heterocycles. The minimum absolute atomic E-state index is 1.08. The molecule has 0 aliphatic rings. The summed E-state index contributed by atoms with van der Waals surface area (Å²) in [5.41, 5.74) is 22.0. The normalized spacial score (nSPS) is 11.1. The van der Waals surface area contributed by atoms with Crippen molar-refractivity contribution >= 4 is 186 Å². The molecule has 13 rings (SSSR count). The van der Waals surface area contributed by atoms with Gasteiger partial charge in [0.15, 0.2) is 0 Å². The minimum Gasteiger partial charge on any atom is -0.311 e. The quantitative estimate of drug-likeness (QED) is 0.0379. The number of hydrogen-bond donors (Lipinski definition) is 0. The van der Waals surface area contributed by atoms with Gasteiger partial charge >= 0.3 is 0 Å². The highest BCUT2D eigenvalue weighted by atomic mass is 32.2. The molecule has 0 heterocycles. The molecule has 0 aliphatic heterocycles. The highest BCUT2D eigenvalue weighted by Crippen LogP contribution is 2.44. The van der Waals surface area contributed by atoms with Gasteiger partial charge in [0.05, 0.1) is 0 Å². The first kappa shape index (κ1) is 71.7. The van der Waals surface area contributed by atoms with E-state index in [4.69, 9.17) is 0 Å². The fraction of sp³-hybridized carbons (Fsp3) is 0.0889. The Hall–Kier alpha value is -8.66. The fourth-order valence-corrected chi connectivity index (χ4v) is 15.8. The lowest BCUT2D eigenvalue weighted by Gasteiger charge is -2.26. The molecule has 0 atom stereocenters. The van der Waals surface area contributed by atoms with Crippen LogP contribution in [0, 0.1) is 0 Å². The van der Waals surface area contributed by atoms with Crippen LogP contribution in [0.5, 0.6) is 0 Å². The van der Waals surface area contributed by atoms with Gasteiger partial charge in [-0.15, -0.1) is 94.1 Å². The van der Waals surface area contributed by atoms with Crippen molar-refractivity contribution in [2.24, 2.45) is 0 Å². The van der Waals surface area contributed by atoms with Crippen molar-refractivity contribution in [1.82, 2.24) is 0 Å². The molecule has 0 radical (unpaired) electrons. The van der Waals surface area contributed by atoms with Crippen molar-refractivity contribution in [3.63, 3.8) is 0 Å². The van der Waals surface area contributed by atoms with Gasteiger partial charge in [-0.2, -0.15) is 0 Å². The van der Waals surface area contributed by atoms with Gasteiger partial charge < -0.3 is 19.6 Å². The topological polar surface area (TPSA) is 13.0 Å². The molecule has 0 spiro atoms. The second kappa shape index (κ2) is 34.5. The van der Waals surface area contributed by atoms with Crippen molar-refractivity contribution < 1.29 is 0 Å². The van der Waals surface area contributed by atoms with Crippen LogP contribution in [0.25, 0.3) is 23.3 Å². The molecular formula is C90H78N4S8. The fourth-order valence-electron chi connectivity index (χ4n) is 12.5. The summed E-state index contributed by atoms with van der Waals surface area (Å²) in [4.78, 5) is 19.2. The molecule has 0 saturated carbocycles. The molecule has 0 N–H and O–H groups in total. The van der Waals surface area contributed by atoms with Gasteiger partial charge in [-0.05, 0) is 349 Å². The van der Waals surface area contributed by atoms with Gasteiger partial charge in [0, 0.05) is 107 Å². The summed E-state index contributed by atoms with van der Waals surface area (Å²) < 4.78 is 0. The second-order valence-electron chi connectivity index (χ2n) is 23.9. The van der Waals surface area contributed by atoms with E-state index in [9.17, 15) is 0 Å². The van der Waals surface area contributed by atoms with E-state index >= 15 is 0 Å². The van der Waals surface area contributed by atoms with Crippen LogP contribution in [0.15, 0.2) is 355 Å². The zero-order valence-corrected chi connectivity index (χ0v) is 64.8. The minimum atomic E-state index is 1.08. The number of benzene rings is 13. The van der Waals surface area contributed by atoms with Crippen molar-refractivity contribution in [2.45, 2.75) is 39.2 Å². The van der Waals surface area contributed by atoms with Gasteiger partial charge in [-0.3, -0.25) is 0 Å². The lowest BCUT2D eigenvalue weighted by atomic mass is 9.93. The molecule has 13 aromatic rings. The van der Waals surface area contributed by atoms with E-state index < -0.39 is 0 Å². The molecule has 4 nitrogen and oxygen atoms in total. The molecule has 0 aromatic heterocycles. The molecule has 102 heavy (non-hydrogen) atoms. The van der Waals surface area contributed by atoms with E-state index in [0.717, 1.165) is 113 Å². The average molecular weight is 1470 g/mol. The second-order valence-corrected chi connectivity index (χ2v) is 30.9. The van der Waals surface area contributed by atoms with E-state index in [-0.39, 0.29) is 0 Å². The smallest absolute Gasteiger partial charge is 0.0462 e.